The van der Waals surface area contributed by atoms with Gasteiger partial charge in [-0.1, -0.05) is 18.6 Å². The number of rotatable bonds is 5. The van der Waals surface area contributed by atoms with Gasteiger partial charge in [-0.3, -0.25) is 4.79 Å². The molecule has 1 saturated carbocycles. The highest BCUT2D eigenvalue weighted by Gasteiger charge is 2.45. The molecule has 164 valence electrons. The maximum atomic E-state index is 13.6. The third-order valence-corrected chi connectivity index (χ3v) is 7.02. The first-order valence-electron chi connectivity index (χ1n) is 11.0. The SMILES string of the molecule is O=C(O)C1(c2ccc(Nc3nc(N4CCC(F)(F)CC4)nc4c3CCC4)cc2)CCC1. The van der Waals surface area contributed by atoms with Gasteiger partial charge in [0, 0.05) is 37.2 Å². The molecule has 3 aliphatic rings. The topological polar surface area (TPSA) is 78.3 Å². The minimum absolute atomic E-state index is 0.178. The van der Waals surface area contributed by atoms with Gasteiger partial charge in [0.05, 0.1) is 11.1 Å². The molecule has 31 heavy (non-hydrogen) atoms. The number of hydrogen-bond acceptors (Lipinski definition) is 5. The molecule has 2 N–H and O–H groups in total. The fourth-order valence-corrected chi connectivity index (χ4v) is 4.86. The van der Waals surface area contributed by atoms with Crippen LogP contribution >= 0.6 is 0 Å². The van der Waals surface area contributed by atoms with E-state index in [0.717, 1.165) is 54.0 Å². The standard InChI is InChI=1S/C23H26F2N4O2/c24-23(25)11-13-29(14-12-23)21-27-18-4-1-3-17(18)19(28-21)26-16-7-5-15(6-8-16)22(20(30)31)9-2-10-22/h5-8H,1-4,9-14H2,(H,30,31)(H,26,27,28). The first-order valence-corrected chi connectivity index (χ1v) is 11.0. The number of aliphatic carboxylic acids is 1. The summed E-state index contributed by atoms with van der Waals surface area (Å²) in [5.41, 5.74) is 2.97. The van der Waals surface area contributed by atoms with Crippen molar-refractivity contribution < 1.29 is 18.7 Å². The maximum absolute atomic E-state index is 13.6. The Labute approximate surface area is 179 Å². The number of carboxylic acids is 1. The van der Waals surface area contributed by atoms with E-state index in [9.17, 15) is 18.7 Å². The summed E-state index contributed by atoms with van der Waals surface area (Å²) in [6.07, 6.45) is 4.68. The van der Waals surface area contributed by atoms with E-state index in [-0.39, 0.29) is 25.9 Å². The quantitative estimate of drug-likeness (QED) is 0.733. The summed E-state index contributed by atoms with van der Waals surface area (Å²) in [6.45, 7) is 0.494. The lowest BCUT2D eigenvalue weighted by Crippen LogP contribution is -2.42. The van der Waals surface area contributed by atoms with Crippen molar-refractivity contribution in [3.8, 4) is 0 Å². The second-order valence-electron chi connectivity index (χ2n) is 8.94. The number of nitrogens with zero attached hydrogens (tertiary/aromatic N) is 3. The highest BCUT2D eigenvalue weighted by atomic mass is 19.3. The summed E-state index contributed by atoms with van der Waals surface area (Å²) in [5.74, 6) is -2.14. The van der Waals surface area contributed by atoms with Gasteiger partial charge in [-0.05, 0) is 49.8 Å². The zero-order valence-electron chi connectivity index (χ0n) is 17.3. The Morgan fingerprint density at radius 2 is 1.71 bits per heavy atom. The van der Waals surface area contributed by atoms with Crippen molar-refractivity contribution >= 4 is 23.4 Å². The number of hydrogen-bond donors (Lipinski definition) is 2. The molecule has 0 atom stereocenters. The monoisotopic (exact) mass is 428 g/mol. The molecule has 0 amide bonds. The van der Waals surface area contributed by atoms with Gasteiger partial charge >= 0.3 is 5.97 Å². The van der Waals surface area contributed by atoms with Gasteiger partial charge in [0.2, 0.25) is 5.95 Å². The number of fused-ring (bicyclic) bond motifs is 1. The van der Waals surface area contributed by atoms with E-state index in [0.29, 0.717) is 18.8 Å². The molecule has 1 saturated heterocycles. The van der Waals surface area contributed by atoms with Gasteiger partial charge in [-0.25, -0.2) is 13.8 Å². The van der Waals surface area contributed by atoms with Crippen LogP contribution in [0.4, 0.5) is 26.2 Å². The second-order valence-corrected chi connectivity index (χ2v) is 8.94. The predicted molar refractivity (Wildman–Crippen MR) is 113 cm³/mol. The molecule has 1 aromatic heterocycles. The molecular weight excluding hydrogens is 402 g/mol. The number of carboxylic acid groups (broad SMARTS) is 1. The molecule has 2 heterocycles. The van der Waals surface area contributed by atoms with Crippen LogP contribution in [0.2, 0.25) is 0 Å². The zero-order chi connectivity index (χ0) is 21.6. The summed E-state index contributed by atoms with van der Waals surface area (Å²) in [7, 11) is 0. The normalized spacial score (nSPS) is 21.3. The first-order chi connectivity index (χ1) is 14.9. The molecule has 1 aromatic carbocycles. The molecule has 1 aliphatic heterocycles. The summed E-state index contributed by atoms with van der Waals surface area (Å²) in [6, 6.07) is 7.54. The number of piperidine rings is 1. The van der Waals surface area contributed by atoms with E-state index in [1.165, 1.54) is 0 Å². The number of anilines is 3. The van der Waals surface area contributed by atoms with Crippen LogP contribution in [0.1, 0.15) is 55.3 Å². The number of alkyl halides is 2. The average molecular weight is 428 g/mol. The maximum Gasteiger partial charge on any atom is 0.314 e. The van der Waals surface area contributed by atoms with Crippen LogP contribution in [0.5, 0.6) is 0 Å². The molecule has 2 fully saturated rings. The van der Waals surface area contributed by atoms with Crippen molar-refractivity contribution in [3.63, 3.8) is 0 Å². The highest BCUT2D eigenvalue weighted by molar-refractivity contribution is 5.83. The number of aromatic nitrogens is 2. The van der Waals surface area contributed by atoms with Gasteiger partial charge < -0.3 is 15.3 Å². The minimum atomic E-state index is -2.61. The summed E-state index contributed by atoms with van der Waals surface area (Å²) < 4.78 is 27.1. The smallest absolute Gasteiger partial charge is 0.314 e. The van der Waals surface area contributed by atoms with Crippen molar-refractivity contribution in [1.29, 1.82) is 0 Å². The van der Waals surface area contributed by atoms with Crippen molar-refractivity contribution in [2.45, 2.75) is 62.7 Å². The Morgan fingerprint density at radius 1 is 1.00 bits per heavy atom. The molecule has 2 aromatic rings. The van der Waals surface area contributed by atoms with Crippen molar-refractivity contribution in [2.75, 3.05) is 23.3 Å². The van der Waals surface area contributed by atoms with Crippen LogP contribution in [0.3, 0.4) is 0 Å². The largest absolute Gasteiger partial charge is 0.481 e. The van der Waals surface area contributed by atoms with Gasteiger partial charge in [0.1, 0.15) is 5.82 Å². The number of halogens is 2. The Kier molecular flexibility index (Phi) is 4.83. The van der Waals surface area contributed by atoms with E-state index in [4.69, 9.17) is 4.98 Å². The van der Waals surface area contributed by atoms with Crippen LogP contribution in [0, 0.1) is 0 Å². The van der Waals surface area contributed by atoms with Gasteiger partial charge in [-0.15, -0.1) is 0 Å². The predicted octanol–water partition coefficient (Wildman–Crippen LogP) is 4.45. The lowest BCUT2D eigenvalue weighted by atomic mass is 9.64. The van der Waals surface area contributed by atoms with Crippen molar-refractivity contribution in [3.05, 3.63) is 41.1 Å². The van der Waals surface area contributed by atoms with Crippen LogP contribution in [0.25, 0.3) is 0 Å². The average Bonchev–Trinajstić information content (AvgIpc) is 3.17. The third kappa shape index (κ3) is 3.62. The third-order valence-electron chi connectivity index (χ3n) is 7.02. The molecular formula is C23H26F2N4O2. The van der Waals surface area contributed by atoms with Crippen LogP contribution < -0.4 is 10.2 Å². The Morgan fingerprint density at radius 3 is 2.32 bits per heavy atom. The molecule has 5 rings (SSSR count). The lowest BCUT2D eigenvalue weighted by Gasteiger charge is -2.38. The molecule has 8 heteroatoms. The second kappa shape index (κ2) is 7.43. The van der Waals surface area contributed by atoms with Crippen LogP contribution in [-0.4, -0.2) is 40.1 Å². The molecule has 6 nitrogen and oxygen atoms in total. The van der Waals surface area contributed by atoms with E-state index in [2.05, 4.69) is 10.3 Å². The molecule has 0 bridgehead atoms. The number of nitrogens with one attached hydrogen (secondary N) is 1. The lowest BCUT2D eigenvalue weighted by molar-refractivity contribution is -0.147. The summed E-state index contributed by atoms with van der Waals surface area (Å²) in [5, 5.41) is 13.0. The molecule has 0 spiro atoms. The summed E-state index contributed by atoms with van der Waals surface area (Å²) >= 11 is 0. The van der Waals surface area contributed by atoms with E-state index >= 15 is 0 Å². The fraction of sp³-hybridized carbons (Fsp3) is 0.522. The van der Waals surface area contributed by atoms with Gasteiger partial charge in [0.25, 0.3) is 5.92 Å². The van der Waals surface area contributed by atoms with E-state index in [1.54, 1.807) is 0 Å². The zero-order valence-corrected chi connectivity index (χ0v) is 17.3. The van der Waals surface area contributed by atoms with E-state index < -0.39 is 17.3 Å². The van der Waals surface area contributed by atoms with Crippen LogP contribution in [-0.2, 0) is 23.1 Å². The Bertz CT molecular complexity index is 995. The number of carbonyl (C=O) groups is 1. The van der Waals surface area contributed by atoms with Crippen molar-refractivity contribution in [2.24, 2.45) is 0 Å². The number of benzene rings is 1. The van der Waals surface area contributed by atoms with Gasteiger partial charge in [0.15, 0.2) is 0 Å². The highest BCUT2D eigenvalue weighted by Crippen LogP contribution is 2.44. The van der Waals surface area contributed by atoms with E-state index in [1.807, 2.05) is 29.2 Å². The molecule has 0 radical (unpaired) electrons. The van der Waals surface area contributed by atoms with Crippen molar-refractivity contribution in [1.82, 2.24) is 9.97 Å². The van der Waals surface area contributed by atoms with Crippen LogP contribution in [0.15, 0.2) is 24.3 Å². The molecule has 0 unspecified atom stereocenters. The van der Waals surface area contributed by atoms with Gasteiger partial charge in [-0.2, -0.15) is 4.98 Å². The minimum Gasteiger partial charge on any atom is -0.481 e. The molecule has 2 aliphatic carbocycles. The Hall–Kier alpha value is -2.77. The summed E-state index contributed by atoms with van der Waals surface area (Å²) in [4.78, 5) is 23.0. The number of aryl methyl sites for hydroxylation is 1. The Balaban J connectivity index is 1.39. The first kappa shape index (κ1) is 20.2. The fourth-order valence-electron chi connectivity index (χ4n) is 4.86.